The number of amides is 1. The lowest BCUT2D eigenvalue weighted by Gasteiger charge is -2.11. The van der Waals surface area contributed by atoms with E-state index in [2.05, 4.69) is 10.3 Å². The molecule has 0 aliphatic carbocycles. The highest BCUT2D eigenvalue weighted by Gasteiger charge is 2.15. The zero-order chi connectivity index (χ0) is 20.1. The third kappa shape index (κ3) is 4.35. The largest absolute Gasteiger partial charge is 0.486 e. The van der Waals surface area contributed by atoms with E-state index < -0.39 is 0 Å². The molecule has 5 nitrogen and oxygen atoms in total. The molecule has 144 valence electrons. The molecular weight excluding hydrogens is 364 g/mol. The van der Waals surface area contributed by atoms with Crippen LogP contribution in [-0.2, 0) is 6.61 Å². The summed E-state index contributed by atoms with van der Waals surface area (Å²) in [7, 11) is 0. The third-order valence-corrected chi connectivity index (χ3v) is 4.44. The van der Waals surface area contributed by atoms with E-state index in [1.165, 1.54) is 0 Å². The van der Waals surface area contributed by atoms with Crippen LogP contribution in [0.15, 0.2) is 89.3 Å². The summed E-state index contributed by atoms with van der Waals surface area (Å²) in [4.78, 5) is 17.2. The molecule has 1 N–H and O–H groups in total. The fraction of sp³-hybridized carbons (Fsp3) is 0.0833. The second kappa shape index (κ2) is 8.44. The van der Waals surface area contributed by atoms with Gasteiger partial charge in [-0.05, 0) is 43.3 Å². The quantitative estimate of drug-likeness (QED) is 0.478. The zero-order valence-corrected chi connectivity index (χ0v) is 16.0. The minimum Gasteiger partial charge on any atom is -0.486 e. The van der Waals surface area contributed by atoms with Gasteiger partial charge in [-0.25, -0.2) is 4.98 Å². The summed E-state index contributed by atoms with van der Waals surface area (Å²) in [5.41, 5.74) is 2.79. The van der Waals surface area contributed by atoms with Gasteiger partial charge < -0.3 is 14.5 Å². The van der Waals surface area contributed by atoms with E-state index in [0.29, 0.717) is 28.7 Å². The Bertz CT molecular complexity index is 1110. The van der Waals surface area contributed by atoms with Gasteiger partial charge in [0.15, 0.2) is 0 Å². The van der Waals surface area contributed by atoms with E-state index in [1.54, 1.807) is 12.1 Å². The molecule has 0 unspecified atom stereocenters. The Labute approximate surface area is 169 Å². The Kier molecular flexibility index (Phi) is 5.38. The Morgan fingerprint density at radius 3 is 2.34 bits per heavy atom. The lowest BCUT2D eigenvalue weighted by Crippen LogP contribution is -2.13. The van der Waals surface area contributed by atoms with Crippen LogP contribution in [0.3, 0.4) is 0 Å². The topological polar surface area (TPSA) is 64.4 Å². The van der Waals surface area contributed by atoms with E-state index >= 15 is 0 Å². The number of aryl methyl sites for hydroxylation is 1. The van der Waals surface area contributed by atoms with Gasteiger partial charge in [-0.3, -0.25) is 4.79 Å². The first-order chi connectivity index (χ1) is 14.2. The molecule has 29 heavy (non-hydrogen) atoms. The Morgan fingerprint density at radius 2 is 1.59 bits per heavy atom. The number of hydrogen-bond acceptors (Lipinski definition) is 4. The fourth-order valence-corrected chi connectivity index (χ4v) is 2.91. The number of ether oxygens (including phenoxy) is 1. The van der Waals surface area contributed by atoms with Crippen molar-refractivity contribution in [1.82, 2.24) is 4.98 Å². The van der Waals surface area contributed by atoms with Crippen molar-refractivity contribution in [2.24, 2.45) is 0 Å². The van der Waals surface area contributed by atoms with Crippen LogP contribution in [0.1, 0.15) is 21.8 Å². The summed E-state index contributed by atoms with van der Waals surface area (Å²) in [5.74, 6) is 1.50. The molecule has 4 rings (SSSR count). The summed E-state index contributed by atoms with van der Waals surface area (Å²) in [6, 6.07) is 26.2. The first kappa shape index (κ1) is 18.5. The number of rotatable bonds is 6. The van der Waals surface area contributed by atoms with Gasteiger partial charge >= 0.3 is 0 Å². The van der Waals surface area contributed by atoms with Crippen LogP contribution in [-0.4, -0.2) is 10.9 Å². The number of para-hydroxylation sites is 2. The molecule has 1 amide bonds. The highest BCUT2D eigenvalue weighted by molar-refractivity contribution is 6.06. The average molecular weight is 384 g/mol. The molecule has 0 saturated heterocycles. The molecule has 5 heteroatoms. The number of anilines is 1. The van der Waals surface area contributed by atoms with Crippen LogP contribution in [0.2, 0.25) is 0 Å². The predicted octanol–water partition coefficient (Wildman–Crippen LogP) is 5.48. The van der Waals surface area contributed by atoms with Gasteiger partial charge in [-0.1, -0.05) is 48.5 Å². The van der Waals surface area contributed by atoms with Gasteiger partial charge in [0.05, 0.1) is 5.56 Å². The fourth-order valence-electron chi connectivity index (χ4n) is 2.91. The summed E-state index contributed by atoms with van der Waals surface area (Å²) in [5, 5.41) is 2.88. The summed E-state index contributed by atoms with van der Waals surface area (Å²) >= 11 is 0. The van der Waals surface area contributed by atoms with Gasteiger partial charge in [-0.2, -0.15) is 0 Å². The molecule has 0 aliphatic rings. The number of aromatic nitrogens is 1. The maximum absolute atomic E-state index is 12.7. The standard InChI is InChI=1S/C24H20N2O3/c1-17-21(26-24(29-17)18-10-4-2-5-11-18)16-28-22-15-9-8-14-20(22)23(27)25-19-12-6-3-7-13-19/h2-15H,16H2,1H3,(H,25,27). The number of oxazole rings is 1. The van der Waals surface area contributed by atoms with Crippen LogP contribution >= 0.6 is 0 Å². The minimum absolute atomic E-state index is 0.206. The number of hydrogen-bond donors (Lipinski definition) is 1. The van der Waals surface area contributed by atoms with Crippen molar-refractivity contribution in [3.05, 3.63) is 102 Å². The van der Waals surface area contributed by atoms with Crippen LogP contribution in [0.4, 0.5) is 5.69 Å². The van der Waals surface area contributed by atoms with Crippen molar-refractivity contribution in [3.63, 3.8) is 0 Å². The van der Waals surface area contributed by atoms with Crippen molar-refractivity contribution in [2.75, 3.05) is 5.32 Å². The molecule has 0 atom stereocenters. The second-order valence-corrected chi connectivity index (χ2v) is 6.49. The molecule has 0 aliphatic heterocycles. The molecule has 0 fully saturated rings. The number of benzene rings is 3. The molecular formula is C24H20N2O3. The van der Waals surface area contributed by atoms with Gasteiger partial charge in [0, 0.05) is 11.3 Å². The van der Waals surface area contributed by atoms with Gasteiger partial charge in [0.1, 0.15) is 23.8 Å². The van der Waals surface area contributed by atoms with E-state index in [4.69, 9.17) is 9.15 Å². The summed E-state index contributed by atoms with van der Waals surface area (Å²) < 4.78 is 11.7. The zero-order valence-electron chi connectivity index (χ0n) is 16.0. The number of carbonyl (C=O) groups excluding carboxylic acids is 1. The van der Waals surface area contributed by atoms with Gasteiger partial charge in [-0.15, -0.1) is 0 Å². The van der Waals surface area contributed by atoms with Crippen molar-refractivity contribution in [3.8, 4) is 17.2 Å². The SMILES string of the molecule is Cc1oc(-c2ccccc2)nc1COc1ccccc1C(=O)Nc1ccccc1. The number of carbonyl (C=O) groups is 1. The third-order valence-electron chi connectivity index (χ3n) is 4.44. The predicted molar refractivity (Wildman–Crippen MR) is 112 cm³/mol. The van der Waals surface area contributed by atoms with Crippen LogP contribution in [0, 0.1) is 6.92 Å². The van der Waals surface area contributed by atoms with E-state index in [0.717, 1.165) is 11.3 Å². The van der Waals surface area contributed by atoms with Crippen LogP contribution in [0.25, 0.3) is 11.5 Å². The molecule has 0 saturated carbocycles. The van der Waals surface area contributed by atoms with Crippen molar-refractivity contribution >= 4 is 11.6 Å². The second-order valence-electron chi connectivity index (χ2n) is 6.49. The lowest BCUT2D eigenvalue weighted by atomic mass is 10.2. The molecule has 3 aromatic carbocycles. The first-order valence-corrected chi connectivity index (χ1v) is 9.30. The Hall–Kier alpha value is -3.86. The maximum atomic E-state index is 12.7. The number of nitrogens with zero attached hydrogens (tertiary/aromatic N) is 1. The summed E-state index contributed by atoms with van der Waals surface area (Å²) in [6.07, 6.45) is 0. The van der Waals surface area contributed by atoms with E-state index in [9.17, 15) is 4.79 Å². The number of nitrogens with one attached hydrogen (secondary N) is 1. The highest BCUT2D eigenvalue weighted by atomic mass is 16.5. The molecule has 0 spiro atoms. The monoisotopic (exact) mass is 384 g/mol. The summed E-state index contributed by atoms with van der Waals surface area (Å²) in [6.45, 7) is 2.06. The minimum atomic E-state index is -0.228. The van der Waals surface area contributed by atoms with Crippen LogP contribution < -0.4 is 10.1 Å². The van der Waals surface area contributed by atoms with Crippen molar-refractivity contribution in [2.45, 2.75) is 13.5 Å². The van der Waals surface area contributed by atoms with Crippen molar-refractivity contribution in [1.29, 1.82) is 0 Å². The Balaban J connectivity index is 1.50. The van der Waals surface area contributed by atoms with Crippen molar-refractivity contribution < 1.29 is 13.9 Å². The highest BCUT2D eigenvalue weighted by Crippen LogP contribution is 2.24. The van der Waals surface area contributed by atoms with Gasteiger partial charge in [0.25, 0.3) is 5.91 Å². The van der Waals surface area contributed by atoms with Gasteiger partial charge in [0.2, 0.25) is 5.89 Å². The maximum Gasteiger partial charge on any atom is 0.259 e. The normalized spacial score (nSPS) is 10.5. The van der Waals surface area contributed by atoms with Crippen LogP contribution in [0.5, 0.6) is 5.75 Å². The van der Waals surface area contributed by atoms with E-state index in [1.807, 2.05) is 79.7 Å². The van der Waals surface area contributed by atoms with E-state index in [-0.39, 0.29) is 12.5 Å². The molecule has 1 aromatic heterocycles. The first-order valence-electron chi connectivity index (χ1n) is 9.30. The average Bonchev–Trinajstić information content (AvgIpc) is 3.14. The Morgan fingerprint density at radius 1 is 0.931 bits per heavy atom. The lowest BCUT2D eigenvalue weighted by molar-refractivity contribution is 0.102. The molecule has 0 bridgehead atoms. The molecule has 1 heterocycles. The smallest absolute Gasteiger partial charge is 0.259 e. The molecule has 4 aromatic rings. The molecule has 0 radical (unpaired) electrons.